The van der Waals surface area contributed by atoms with Crippen LogP contribution < -0.4 is 9.47 Å². The molecule has 0 unspecified atom stereocenters. The molecule has 0 heterocycles. The van der Waals surface area contributed by atoms with Crippen LogP contribution in [-0.2, 0) is 6.11 Å². The Morgan fingerprint density at radius 3 is 2.00 bits per heavy atom. The Balaban J connectivity index is 1.61. The van der Waals surface area contributed by atoms with Crippen molar-refractivity contribution in [1.82, 2.24) is 0 Å². The molecule has 39 heavy (non-hydrogen) atoms. The maximum Gasteiger partial charge on any atom is 0.432 e. The van der Waals surface area contributed by atoms with Gasteiger partial charge < -0.3 is 9.47 Å². The van der Waals surface area contributed by atoms with Crippen molar-refractivity contribution in [2.75, 3.05) is 0 Å². The van der Waals surface area contributed by atoms with Crippen LogP contribution in [0, 0.1) is 29.2 Å². The Kier molecular flexibility index (Phi) is 8.71. The van der Waals surface area contributed by atoms with Gasteiger partial charge in [-0.3, -0.25) is 0 Å². The van der Waals surface area contributed by atoms with E-state index in [9.17, 15) is 26.3 Å². The highest BCUT2D eigenvalue weighted by atomic mass is 19.3. The molecule has 10 heteroatoms. The van der Waals surface area contributed by atoms with Crippen LogP contribution in [0.25, 0.3) is 11.1 Å². The molecule has 1 saturated carbocycles. The van der Waals surface area contributed by atoms with Crippen LogP contribution in [0.5, 0.6) is 11.5 Å². The predicted molar refractivity (Wildman–Crippen MR) is 129 cm³/mol. The molecule has 4 rings (SSSR count). The Hall–Kier alpha value is -3.30. The Morgan fingerprint density at radius 1 is 0.846 bits per heavy atom. The maximum absolute atomic E-state index is 15.2. The van der Waals surface area contributed by atoms with E-state index in [-0.39, 0.29) is 17.0 Å². The van der Waals surface area contributed by atoms with Crippen LogP contribution in [0.3, 0.4) is 0 Å². The number of para-hydroxylation sites is 1. The van der Waals surface area contributed by atoms with Crippen LogP contribution in [0.15, 0.2) is 48.5 Å². The van der Waals surface area contributed by atoms with Gasteiger partial charge in [-0.2, -0.15) is 17.6 Å². The summed E-state index contributed by atoms with van der Waals surface area (Å²) in [5.41, 5.74) is -1.93. The zero-order valence-corrected chi connectivity index (χ0v) is 20.9. The van der Waals surface area contributed by atoms with E-state index in [1.54, 1.807) is 0 Å². The summed E-state index contributed by atoms with van der Waals surface area (Å²) in [4.78, 5) is 0. The zero-order valence-electron chi connectivity index (χ0n) is 20.9. The van der Waals surface area contributed by atoms with E-state index in [2.05, 4.69) is 11.7 Å². The van der Waals surface area contributed by atoms with Crippen LogP contribution in [-0.4, -0.2) is 6.61 Å². The Morgan fingerprint density at radius 2 is 1.44 bits per heavy atom. The molecule has 0 saturated heterocycles. The molecule has 0 amide bonds. The van der Waals surface area contributed by atoms with Crippen LogP contribution >= 0.6 is 0 Å². The minimum absolute atomic E-state index is 0.145. The summed E-state index contributed by atoms with van der Waals surface area (Å²) >= 11 is 0. The molecule has 3 aromatic carbocycles. The third-order valence-electron chi connectivity index (χ3n) is 7.01. The molecule has 210 valence electrons. The van der Waals surface area contributed by atoms with E-state index in [1.165, 1.54) is 12.1 Å². The minimum Gasteiger partial charge on any atom is -0.429 e. The maximum atomic E-state index is 15.2. The van der Waals surface area contributed by atoms with E-state index in [4.69, 9.17) is 4.74 Å². The highest BCUT2D eigenvalue weighted by molar-refractivity contribution is 5.71. The molecule has 0 bridgehead atoms. The molecule has 0 aliphatic heterocycles. The molecule has 0 spiro atoms. The van der Waals surface area contributed by atoms with Crippen molar-refractivity contribution in [2.24, 2.45) is 5.92 Å². The lowest BCUT2D eigenvalue weighted by Crippen LogP contribution is -2.26. The van der Waals surface area contributed by atoms with Crippen LogP contribution in [0.4, 0.5) is 35.1 Å². The molecule has 0 aromatic heterocycles. The second-order valence-corrected chi connectivity index (χ2v) is 9.63. The molecule has 0 radical (unpaired) electrons. The van der Waals surface area contributed by atoms with Crippen molar-refractivity contribution in [1.29, 1.82) is 0 Å². The number of hydrogen-bond donors (Lipinski definition) is 0. The number of rotatable bonds is 9. The first-order valence-electron chi connectivity index (χ1n) is 12.6. The Labute approximate surface area is 220 Å². The fourth-order valence-electron chi connectivity index (χ4n) is 5.20. The molecule has 0 atom stereocenters. The lowest BCUT2D eigenvalue weighted by Gasteiger charge is -2.29. The quantitative estimate of drug-likeness (QED) is 0.244. The van der Waals surface area contributed by atoms with E-state index in [0.29, 0.717) is 36.5 Å². The lowest BCUT2D eigenvalue weighted by atomic mass is 9.77. The number of hydrogen-bond acceptors (Lipinski definition) is 2. The largest absolute Gasteiger partial charge is 0.432 e. The molecular formula is C29H26F8O2. The smallest absolute Gasteiger partial charge is 0.429 e. The van der Waals surface area contributed by atoms with Gasteiger partial charge in [0.15, 0.2) is 17.4 Å². The number of benzene rings is 3. The van der Waals surface area contributed by atoms with E-state index < -0.39 is 53.1 Å². The van der Waals surface area contributed by atoms with Gasteiger partial charge in [-0.15, -0.1) is 0 Å². The summed E-state index contributed by atoms with van der Waals surface area (Å²) < 4.78 is 122. The van der Waals surface area contributed by atoms with E-state index in [0.717, 1.165) is 49.9 Å². The van der Waals surface area contributed by atoms with Gasteiger partial charge in [0.2, 0.25) is 0 Å². The molecule has 2 nitrogen and oxygen atoms in total. The highest BCUT2D eigenvalue weighted by Gasteiger charge is 2.42. The van der Waals surface area contributed by atoms with Gasteiger partial charge in [-0.1, -0.05) is 38.0 Å². The number of halogens is 8. The molecule has 0 N–H and O–H groups in total. The first-order valence-corrected chi connectivity index (χ1v) is 12.6. The van der Waals surface area contributed by atoms with Crippen molar-refractivity contribution >= 4 is 0 Å². The van der Waals surface area contributed by atoms with Gasteiger partial charge in [-0.05, 0) is 79.0 Å². The van der Waals surface area contributed by atoms with Crippen molar-refractivity contribution < 1.29 is 44.6 Å². The SMILES string of the molecule is CCCC1CCC(c2cc(F)c(C(F)(F)Oc3ccccc3-c3cc(F)c(OC(F)F)c(F)c3)c(F)c2)CC1. The predicted octanol–water partition coefficient (Wildman–Crippen LogP) is 9.71. The van der Waals surface area contributed by atoms with Crippen LogP contribution in [0.1, 0.15) is 62.5 Å². The van der Waals surface area contributed by atoms with Gasteiger partial charge >= 0.3 is 12.7 Å². The zero-order chi connectivity index (χ0) is 28.3. The lowest BCUT2D eigenvalue weighted by molar-refractivity contribution is -0.189. The van der Waals surface area contributed by atoms with Crippen molar-refractivity contribution in [3.05, 3.63) is 82.9 Å². The molecule has 1 aliphatic rings. The summed E-state index contributed by atoms with van der Waals surface area (Å²) in [6.45, 7) is -1.41. The topological polar surface area (TPSA) is 18.5 Å². The van der Waals surface area contributed by atoms with E-state index in [1.807, 2.05) is 0 Å². The monoisotopic (exact) mass is 558 g/mol. The van der Waals surface area contributed by atoms with Crippen LogP contribution in [0.2, 0.25) is 0 Å². The van der Waals surface area contributed by atoms with Crippen molar-refractivity contribution in [3.63, 3.8) is 0 Å². The number of ether oxygens (including phenoxy) is 2. The summed E-state index contributed by atoms with van der Waals surface area (Å²) in [5, 5.41) is 0. The average Bonchev–Trinajstić information content (AvgIpc) is 2.86. The minimum atomic E-state index is -4.50. The van der Waals surface area contributed by atoms with Crippen molar-refractivity contribution in [3.8, 4) is 22.6 Å². The van der Waals surface area contributed by atoms with Gasteiger partial charge in [0.05, 0.1) is 0 Å². The van der Waals surface area contributed by atoms with Gasteiger partial charge in [-0.25, -0.2) is 17.6 Å². The summed E-state index contributed by atoms with van der Waals surface area (Å²) in [7, 11) is 0. The number of alkyl halides is 4. The fraction of sp³-hybridized carbons (Fsp3) is 0.379. The van der Waals surface area contributed by atoms with E-state index >= 15 is 8.78 Å². The third-order valence-corrected chi connectivity index (χ3v) is 7.01. The van der Waals surface area contributed by atoms with Crippen molar-refractivity contribution in [2.45, 2.75) is 64.1 Å². The standard InChI is InChI=1S/C29H26F8O2/c1-2-5-16-8-10-17(11-9-16)18-12-21(30)26(22(31)13-18)29(36,37)39-25-7-4-3-6-20(25)19-14-23(32)27(24(33)15-19)38-28(34)35/h3-4,6-7,12-17,28H,2,5,8-11H2,1H3. The first-order chi connectivity index (χ1) is 18.5. The van der Waals surface area contributed by atoms with Gasteiger partial charge in [0.25, 0.3) is 0 Å². The average molecular weight is 559 g/mol. The highest BCUT2D eigenvalue weighted by Crippen LogP contribution is 2.43. The Bertz CT molecular complexity index is 1260. The fourth-order valence-corrected chi connectivity index (χ4v) is 5.20. The summed E-state index contributed by atoms with van der Waals surface area (Å²) in [5.74, 6) is -7.57. The third kappa shape index (κ3) is 6.47. The second-order valence-electron chi connectivity index (χ2n) is 9.63. The second kappa shape index (κ2) is 11.8. The first kappa shape index (κ1) is 28.7. The molecular weight excluding hydrogens is 532 g/mol. The summed E-state index contributed by atoms with van der Waals surface area (Å²) in [6.07, 6.45) is 0.832. The van der Waals surface area contributed by atoms with Gasteiger partial charge in [0.1, 0.15) is 22.9 Å². The molecule has 1 aliphatic carbocycles. The molecule has 1 fully saturated rings. The molecule has 3 aromatic rings. The normalized spacial score (nSPS) is 17.9. The summed E-state index contributed by atoms with van der Waals surface area (Å²) in [6, 6.07) is 7.77. The van der Waals surface area contributed by atoms with Gasteiger partial charge in [0, 0.05) is 5.56 Å².